The molecule has 20 heavy (non-hydrogen) atoms. The van der Waals surface area contributed by atoms with Gasteiger partial charge in [0.2, 0.25) is 0 Å². The van der Waals surface area contributed by atoms with Crippen LogP contribution in [0.5, 0.6) is 0 Å². The zero-order valence-corrected chi connectivity index (χ0v) is 11.9. The highest BCUT2D eigenvalue weighted by atomic mass is 79.9. The molecule has 3 rings (SSSR count). The summed E-state index contributed by atoms with van der Waals surface area (Å²) in [5.41, 5.74) is 2.97. The van der Waals surface area contributed by atoms with Crippen LogP contribution < -0.4 is 0 Å². The van der Waals surface area contributed by atoms with Crippen LogP contribution in [0.4, 0.5) is 0 Å². The van der Waals surface area contributed by atoms with Crippen molar-refractivity contribution in [1.82, 2.24) is 9.78 Å². The Morgan fingerprint density at radius 2 is 2.15 bits per heavy atom. The van der Waals surface area contributed by atoms with E-state index in [9.17, 15) is 9.90 Å². The maximum absolute atomic E-state index is 11.2. The van der Waals surface area contributed by atoms with E-state index in [1.165, 1.54) is 4.68 Å². The number of hydrogen-bond acceptors (Lipinski definition) is 3. The average molecular weight is 335 g/mol. The molecule has 1 aliphatic carbocycles. The largest absolute Gasteiger partial charge is 0.476 e. The number of alkyl halides is 1. The molecule has 1 aliphatic rings. The summed E-state index contributed by atoms with van der Waals surface area (Å²) in [6, 6.07) is 7.45. The lowest BCUT2D eigenvalue weighted by molar-refractivity contribution is 0.0689. The van der Waals surface area contributed by atoms with E-state index < -0.39 is 12.1 Å². The van der Waals surface area contributed by atoms with E-state index in [2.05, 4.69) is 21.0 Å². The third-order valence-electron chi connectivity index (χ3n) is 3.25. The first-order valence-electron chi connectivity index (χ1n) is 5.99. The third-order valence-corrected chi connectivity index (χ3v) is 3.86. The van der Waals surface area contributed by atoms with Crippen LogP contribution in [0.3, 0.4) is 0 Å². The van der Waals surface area contributed by atoms with Gasteiger partial charge in [-0.05, 0) is 11.6 Å². The first-order chi connectivity index (χ1) is 9.61. The molecule has 0 bridgehead atoms. The minimum Gasteiger partial charge on any atom is -0.476 e. The molecule has 5 nitrogen and oxygen atoms in total. The van der Waals surface area contributed by atoms with Crippen molar-refractivity contribution in [3.05, 3.63) is 58.9 Å². The first-order valence-corrected chi connectivity index (χ1v) is 7.11. The van der Waals surface area contributed by atoms with Crippen LogP contribution in [-0.4, -0.2) is 26.0 Å². The number of nitrogens with zero attached hydrogens (tertiary/aromatic N) is 2. The van der Waals surface area contributed by atoms with E-state index in [0.717, 1.165) is 11.1 Å². The monoisotopic (exact) mass is 334 g/mol. The topological polar surface area (TPSA) is 75.3 Å². The normalized spacial score (nSPS) is 16.9. The standard InChI is InChI=1S/C14H11BrN2O3/c15-6-8-7-17(16-13(8)14(19)20)11-5-12(18)10-4-2-1-3-9(10)11/h1-5,7,12,18H,6H2,(H,19,20). The summed E-state index contributed by atoms with van der Waals surface area (Å²) in [5, 5.41) is 23.7. The molecule has 1 atom stereocenters. The predicted molar refractivity (Wildman–Crippen MR) is 76.6 cm³/mol. The number of aromatic nitrogens is 2. The van der Waals surface area contributed by atoms with Gasteiger partial charge >= 0.3 is 5.97 Å². The molecule has 0 spiro atoms. The molecule has 2 aromatic rings. The highest BCUT2D eigenvalue weighted by molar-refractivity contribution is 9.08. The zero-order chi connectivity index (χ0) is 14.3. The molecule has 1 aromatic carbocycles. The Kier molecular flexibility index (Phi) is 3.19. The lowest BCUT2D eigenvalue weighted by Crippen LogP contribution is -2.03. The average Bonchev–Trinajstić information content (AvgIpc) is 3.01. The van der Waals surface area contributed by atoms with Gasteiger partial charge in [-0.2, -0.15) is 5.10 Å². The SMILES string of the molecule is O=C(O)c1nn(C2=CC(O)c3ccccc32)cc1CBr. The summed E-state index contributed by atoms with van der Waals surface area (Å²) in [5.74, 6) is -1.06. The van der Waals surface area contributed by atoms with Gasteiger partial charge < -0.3 is 10.2 Å². The highest BCUT2D eigenvalue weighted by Gasteiger charge is 2.24. The molecule has 1 unspecified atom stereocenters. The maximum Gasteiger partial charge on any atom is 0.356 e. The Morgan fingerprint density at radius 3 is 2.80 bits per heavy atom. The number of carboxylic acid groups (broad SMARTS) is 1. The fourth-order valence-corrected chi connectivity index (χ4v) is 2.74. The summed E-state index contributed by atoms with van der Waals surface area (Å²) >= 11 is 3.26. The van der Waals surface area contributed by atoms with Crippen molar-refractivity contribution in [2.45, 2.75) is 11.4 Å². The fraction of sp³-hybridized carbons (Fsp3) is 0.143. The predicted octanol–water partition coefficient (Wildman–Crippen LogP) is 2.41. The van der Waals surface area contributed by atoms with Crippen molar-refractivity contribution in [3.8, 4) is 0 Å². The number of aliphatic hydroxyl groups excluding tert-OH is 1. The molecule has 2 N–H and O–H groups in total. The van der Waals surface area contributed by atoms with E-state index in [1.807, 2.05) is 24.3 Å². The van der Waals surface area contributed by atoms with Crippen molar-refractivity contribution in [1.29, 1.82) is 0 Å². The number of fused-ring (bicyclic) bond motifs is 1. The quantitative estimate of drug-likeness (QED) is 0.845. The minimum atomic E-state index is -1.06. The number of hydrogen-bond donors (Lipinski definition) is 2. The van der Waals surface area contributed by atoms with E-state index >= 15 is 0 Å². The molecular weight excluding hydrogens is 324 g/mol. The number of benzene rings is 1. The number of aromatic carboxylic acids is 1. The van der Waals surface area contributed by atoms with Gasteiger partial charge in [-0.25, -0.2) is 9.48 Å². The van der Waals surface area contributed by atoms with Crippen LogP contribution in [0.15, 0.2) is 36.5 Å². The number of carboxylic acids is 1. The molecule has 0 saturated carbocycles. The summed E-state index contributed by atoms with van der Waals surface area (Å²) in [6.07, 6.45) is 2.64. The second-order valence-electron chi connectivity index (χ2n) is 4.47. The molecule has 0 saturated heterocycles. The second-order valence-corrected chi connectivity index (χ2v) is 5.03. The van der Waals surface area contributed by atoms with Crippen LogP contribution in [0.2, 0.25) is 0 Å². The molecule has 1 aromatic heterocycles. The Morgan fingerprint density at radius 1 is 1.40 bits per heavy atom. The zero-order valence-electron chi connectivity index (χ0n) is 10.3. The molecule has 0 aliphatic heterocycles. The number of carbonyl (C=O) groups is 1. The van der Waals surface area contributed by atoms with E-state index in [-0.39, 0.29) is 5.69 Å². The summed E-state index contributed by atoms with van der Waals surface area (Å²) < 4.78 is 1.51. The highest BCUT2D eigenvalue weighted by Crippen LogP contribution is 2.35. The van der Waals surface area contributed by atoms with Gasteiger partial charge in [-0.1, -0.05) is 40.2 Å². The van der Waals surface area contributed by atoms with Crippen LogP contribution in [0.25, 0.3) is 5.70 Å². The van der Waals surface area contributed by atoms with Crippen molar-refractivity contribution < 1.29 is 15.0 Å². The lowest BCUT2D eigenvalue weighted by Gasteiger charge is -2.05. The van der Waals surface area contributed by atoms with E-state index in [4.69, 9.17) is 5.11 Å². The number of halogens is 1. The Hall–Kier alpha value is -1.92. The van der Waals surface area contributed by atoms with Crippen molar-refractivity contribution in [3.63, 3.8) is 0 Å². The first kappa shape index (κ1) is 13.1. The maximum atomic E-state index is 11.2. The van der Waals surface area contributed by atoms with Gasteiger partial charge in [-0.15, -0.1) is 0 Å². The van der Waals surface area contributed by atoms with Gasteiger partial charge in [0.05, 0.1) is 5.70 Å². The van der Waals surface area contributed by atoms with Gasteiger partial charge in [0, 0.05) is 22.7 Å². The number of aliphatic hydroxyl groups is 1. The van der Waals surface area contributed by atoms with Crippen LogP contribution in [0, 0.1) is 0 Å². The molecule has 102 valence electrons. The van der Waals surface area contributed by atoms with E-state index in [1.54, 1.807) is 12.3 Å². The van der Waals surface area contributed by atoms with Crippen LogP contribution in [0.1, 0.15) is 33.3 Å². The van der Waals surface area contributed by atoms with Crippen molar-refractivity contribution in [2.75, 3.05) is 0 Å². The van der Waals surface area contributed by atoms with Gasteiger partial charge in [0.15, 0.2) is 5.69 Å². The van der Waals surface area contributed by atoms with E-state index in [0.29, 0.717) is 16.6 Å². The molecule has 0 fully saturated rings. The minimum absolute atomic E-state index is 0.0154. The Labute approximate surface area is 123 Å². The van der Waals surface area contributed by atoms with Crippen LogP contribution in [-0.2, 0) is 5.33 Å². The molecular formula is C14H11BrN2O3. The smallest absolute Gasteiger partial charge is 0.356 e. The molecule has 0 amide bonds. The summed E-state index contributed by atoms with van der Waals surface area (Å²) in [6.45, 7) is 0. The van der Waals surface area contributed by atoms with Gasteiger partial charge in [0.25, 0.3) is 0 Å². The summed E-state index contributed by atoms with van der Waals surface area (Å²) in [7, 11) is 0. The summed E-state index contributed by atoms with van der Waals surface area (Å²) in [4.78, 5) is 11.2. The fourth-order valence-electron chi connectivity index (χ4n) is 2.33. The molecule has 0 radical (unpaired) electrons. The molecule has 1 heterocycles. The van der Waals surface area contributed by atoms with Crippen molar-refractivity contribution in [2.24, 2.45) is 0 Å². The molecule has 6 heteroatoms. The second kappa shape index (κ2) is 4.88. The number of rotatable bonds is 3. The van der Waals surface area contributed by atoms with Gasteiger partial charge in [-0.3, -0.25) is 0 Å². The Bertz CT molecular complexity index is 721. The Balaban J connectivity index is 2.11. The van der Waals surface area contributed by atoms with Gasteiger partial charge in [0.1, 0.15) is 6.10 Å². The third kappa shape index (κ3) is 1.97. The lowest BCUT2D eigenvalue weighted by atomic mass is 10.1. The van der Waals surface area contributed by atoms with Crippen LogP contribution >= 0.6 is 15.9 Å². The van der Waals surface area contributed by atoms with Crippen molar-refractivity contribution >= 4 is 27.6 Å².